The number of amides is 2. The van der Waals surface area contributed by atoms with E-state index in [9.17, 15) is 14.4 Å². The highest BCUT2D eigenvalue weighted by Crippen LogP contribution is 2.27. The minimum Gasteiger partial charge on any atom is -0.371 e. The first kappa shape index (κ1) is 20.6. The SMILES string of the molecule is CCCc1nn(C)c(C(N)=O)c1NC(=O)C1CCN(c2ccc(C=O)cc2)CC1. The summed E-state index contributed by atoms with van der Waals surface area (Å²) in [5.41, 5.74) is 8.55. The second-order valence-corrected chi connectivity index (χ2v) is 7.37. The maximum absolute atomic E-state index is 12.9. The molecule has 2 heterocycles. The number of aldehydes is 1. The molecule has 1 fully saturated rings. The molecular weight excluding hydrogens is 370 g/mol. The van der Waals surface area contributed by atoms with Gasteiger partial charge in [0.05, 0.1) is 11.4 Å². The zero-order valence-corrected chi connectivity index (χ0v) is 16.9. The number of rotatable bonds is 7. The Labute approximate surface area is 170 Å². The first-order valence-corrected chi connectivity index (χ1v) is 9.91. The minimum absolute atomic E-state index is 0.103. The van der Waals surface area contributed by atoms with E-state index in [-0.39, 0.29) is 17.5 Å². The quantitative estimate of drug-likeness (QED) is 0.696. The molecule has 0 bridgehead atoms. The number of benzene rings is 1. The fourth-order valence-electron chi connectivity index (χ4n) is 3.79. The van der Waals surface area contributed by atoms with Gasteiger partial charge in [-0.3, -0.25) is 19.1 Å². The molecular formula is C21H27N5O3. The average molecular weight is 397 g/mol. The zero-order valence-electron chi connectivity index (χ0n) is 16.9. The van der Waals surface area contributed by atoms with Gasteiger partial charge in [0, 0.05) is 37.3 Å². The number of aryl methyl sites for hydroxylation is 2. The monoisotopic (exact) mass is 397 g/mol. The summed E-state index contributed by atoms with van der Waals surface area (Å²) in [5, 5.41) is 7.28. The molecule has 29 heavy (non-hydrogen) atoms. The van der Waals surface area contributed by atoms with Crippen LogP contribution in [0.1, 0.15) is 52.7 Å². The Morgan fingerprint density at radius 2 is 1.90 bits per heavy atom. The van der Waals surface area contributed by atoms with Gasteiger partial charge in [-0.25, -0.2) is 0 Å². The van der Waals surface area contributed by atoms with E-state index in [2.05, 4.69) is 15.3 Å². The largest absolute Gasteiger partial charge is 0.371 e. The molecule has 154 valence electrons. The van der Waals surface area contributed by atoms with Gasteiger partial charge in [0.1, 0.15) is 12.0 Å². The number of hydrogen-bond acceptors (Lipinski definition) is 5. The number of aromatic nitrogens is 2. The number of nitrogens with zero attached hydrogens (tertiary/aromatic N) is 3. The van der Waals surface area contributed by atoms with Crippen LogP contribution in [0.4, 0.5) is 11.4 Å². The van der Waals surface area contributed by atoms with Crippen molar-refractivity contribution in [1.82, 2.24) is 9.78 Å². The lowest BCUT2D eigenvalue weighted by atomic mass is 9.95. The number of nitrogens with one attached hydrogen (secondary N) is 1. The van der Waals surface area contributed by atoms with Gasteiger partial charge >= 0.3 is 0 Å². The van der Waals surface area contributed by atoms with Gasteiger partial charge in [0.2, 0.25) is 5.91 Å². The van der Waals surface area contributed by atoms with Crippen molar-refractivity contribution >= 4 is 29.5 Å². The van der Waals surface area contributed by atoms with Gasteiger partial charge in [-0.15, -0.1) is 0 Å². The Kier molecular flexibility index (Phi) is 6.31. The molecule has 0 radical (unpaired) electrons. The Morgan fingerprint density at radius 3 is 2.45 bits per heavy atom. The number of piperidine rings is 1. The molecule has 1 aliphatic rings. The second kappa shape index (κ2) is 8.89. The summed E-state index contributed by atoms with van der Waals surface area (Å²) in [5.74, 6) is -0.851. The fourth-order valence-corrected chi connectivity index (χ4v) is 3.79. The topological polar surface area (TPSA) is 110 Å². The molecule has 3 N–H and O–H groups in total. The van der Waals surface area contributed by atoms with Crippen molar-refractivity contribution in [2.75, 3.05) is 23.3 Å². The van der Waals surface area contributed by atoms with Crippen molar-refractivity contribution in [1.29, 1.82) is 0 Å². The zero-order chi connectivity index (χ0) is 21.0. The number of anilines is 2. The number of hydrogen-bond donors (Lipinski definition) is 2. The molecule has 1 aliphatic heterocycles. The molecule has 2 amide bonds. The van der Waals surface area contributed by atoms with Crippen LogP contribution in [0.3, 0.4) is 0 Å². The van der Waals surface area contributed by atoms with Crippen molar-refractivity contribution in [3.8, 4) is 0 Å². The van der Waals surface area contributed by atoms with Crippen LogP contribution < -0.4 is 16.0 Å². The van der Waals surface area contributed by atoms with Crippen LogP contribution in [0.2, 0.25) is 0 Å². The van der Waals surface area contributed by atoms with Crippen LogP contribution in [-0.2, 0) is 18.3 Å². The van der Waals surface area contributed by atoms with E-state index in [1.165, 1.54) is 4.68 Å². The number of carbonyl (C=O) groups is 3. The van der Waals surface area contributed by atoms with Crippen LogP contribution in [-0.4, -0.2) is 41.0 Å². The summed E-state index contributed by atoms with van der Waals surface area (Å²) < 4.78 is 1.44. The predicted molar refractivity (Wildman–Crippen MR) is 111 cm³/mol. The normalized spacial score (nSPS) is 14.6. The van der Waals surface area contributed by atoms with E-state index >= 15 is 0 Å². The van der Waals surface area contributed by atoms with Gasteiger partial charge in [-0.1, -0.05) is 13.3 Å². The van der Waals surface area contributed by atoms with Crippen LogP contribution in [0.25, 0.3) is 0 Å². The fraction of sp³-hybridized carbons (Fsp3) is 0.429. The Hall–Kier alpha value is -3.16. The molecule has 8 nitrogen and oxygen atoms in total. The summed E-state index contributed by atoms with van der Waals surface area (Å²) >= 11 is 0. The first-order chi connectivity index (χ1) is 13.9. The van der Waals surface area contributed by atoms with Crippen LogP contribution in [0, 0.1) is 5.92 Å². The van der Waals surface area contributed by atoms with Crippen LogP contribution >= 0.6 is 0 Å². The molecule has 3 rings (SSSR count). The summed E-state index contributed by atoms with van der Waals surface area (Å²) in [7, 11) is 1.66. The van der Waals surface area contributed by atoms with E-state index in [4.69, 9.17) is 5.73 Å². The minimum atomic E-state index is -0.605. The molecule has 0 atom stereocenters. The number of carbonyl (C=O) groups excluding carboxylic acids is 3. The first-order valence-electron chi connectivity index (χ1n) is 9.91. The number of nitrogens with two attached hydrogens (primary N) is 1. The molecule has 0 spiro atoms. The van der Waals surface area contributed by atoms with Crippen molar-refractivity contribution in [2.45, 2.75) is 32.6 Å². The Morgan fingerprint density at radius 1 is 1.24 bits per heavy atom. The third-order valence-electron chi connectivity index (χ3n) is 5.35. The number of primary amides is 1. The highest BCUT2D eigenvalue weighted by atomic mass is 16.2. The molecule has 1 saturated heterocycles. The van der Waals surface area contributed by atoms with E-state index < -0.39 is 5.91 Å². The smallest absolute Gasteiger partial charge is 0.269 e. The molecule has 0 saturated carbocycles. The van der Waals surface area contributed by atoms with Crippen LogP contribution in [0.5, 0.6) is 0 Å². The Balaban J connectivity index is 1.67. The molecule has 0 unspecified atom stereocenters. The lowest BCUT2D eigenvalue weighted by Gasteiger charge is -2.33. The molecule has 1 aromatic heterocycles. The summed E-state index contributed by atoms with van der Waals surface area (Å²) in [6, 6.07) is 7.44. The maximum Gasteiger partial charge on any atom is 0.269 e. The third-order valence-corrected chi connectivity index (χ3v) is 5.35. The van der Waals surface area contributed by atoms with Gasteiger partial charge in [0.15, 0.2) is 0 Å². The average Bonchev–Trinajstić information content (AvgIpc) is 3.03. The highest BCUT2D eigenvalue weighted by molar-refractivity contribution is 6.03. The van der Waals surface area contributed by atoms with E-state index in [1.807, 2.05) is 19.1 Å². The van der Waals surface area contributed by atoms with Crippen molar-refractivity contribution in [2.24, 2.45) is 18.7 Å². The second-order valence-electron chi connectivity index (χ2n) is 7.37. The molecule has 8 heteroatoms. The highest BCUT2D eigenvalue weighted by Gasteiger charge is 2.28. The van der Waals surface area contributed by atoms with Crippen molar-refractivity contribution in [3.05, 3.63) is 41.2 Å². The maximum atomic E-state index is 12.9. The predicted octanol–water partition coefficient (Wildman–Crippen LogP) is 2.14. The van der Waals surface area contributed by atoms with E-state index in [1.54, 1.807) is 19.2 Å². The van der Waals surface area contributed by atoms with E-state index in [0.29, 0.717) is 36.2 Å². The van der Waals surface area contributed by atoms with Crippen molar-refractivity contribution < 1.29 is 14.4 Å². The van der Waals surface area contributed by atoms with E-state index in [0.717, 1.165) is 31.5 Å². The van der Waals surface area contributed by atoms with Gasteiger partial charge < -0.3 is 16.0 Å². The third kappa shape index (κ3) is 4.47. The lowest BCUT2D eigenvalue weighted by molar-refractivity contribution is -0.120. The summed E-state index contributed by atoms with van der Waals surface area (Å²) in [6.07, 6.45) is 3.74. The van der Waals surface area contributed by atoms with Gasteiger partial charge in [-0.05, 0) is 43.5 Å². The molecule has 1 aromatic carbocycles. The summed E-state index contributed by atoms with van der Waals surface area (Å²) in [4.78, 5) is 37.7. The van der Waals surface area contributed by atoms with Crippen molar-refractivity contribution in [3.63, 3.8) is 0 Å². The molecule has 0 aliphatic carbocycles. The van der Waals surface area contributed by atoms with Gasteiger partial charge in [0.25, 0.3) is 5.91 Å². The summed E-state index contributed by atoms with van der Waals surface area (Å²) in [6.45, 7) is 3.51. The molecule has 2 aromatic rings. The van der Waals surface area contributed by atoms with Crippen LogP contribution in [0.15, 0.2) is 24.3 Å². The lowest BCUT2D eigenvalue weighted by Crippen LogP contribution is -2.38. The standard InChI is InChI=1S/C21H27N5O3/c1-3-4-17-18(19(20(22)28)25(2)24-17)23-21(29)15-9-11-26(12-10-15)16-7-5-14(13-27)6-8-16/h5-8,13,15H,3-4,9-12H2,1-2H3,(H2,22,28)(H,23,29). The van der Waals surface area contributed by atoms with Gasteiger partial charge in [-0.2, -0.15) is 5.10 Å². The Bertz CT molecular complexity index is 896.